The van der Waals surface area contributed by atoms with Gasteiger partial charge in [0.25, 0.3) is 0 Å². The molecule has 1 aliphatic heterocycles. The number of hydrogen-bond donors (Lipinski definition) is 1. The van der Waals surface area contributed by atoms with Gasteiger partial charge in [-0.3, -0.25) is 9.59 Å². The summed E-state index contributed by atoms with van der Waals surface area (Å²) in [6, 6.07) is 7.54. The smallest absolute Gasteiger partial charge is 0.247 e. The molecule has 1 aromatic rings. The summed E-state index contributed by atoms with van der Waals surface area (Å²) < 4.78 is 0. The molecule has 0 unspecified atom stereocenters. The van der Waals surface area contributed by atoms with Gasteiger partial charge in [-0.25, -0.2) is 0 Å². The summed E-state index contributed by atoms with van der Waals surface area (Å²) in [6.45, 7) is 4.28. The molecule has 1 aromatic carbocycles. The number of hydrogen-bond acceptors (Lipinski definition) is 2. The zero-order chi connectivity index (χ0) is 13.1. The summed E-state index contributed by atoms with van der Waals surface area (Å²) in [6.07, 6.45) is 1.56. The summed E-state index contributed by atoms with van der Waals surface area (Å²) in [7, 11) is 0. The van der Waals surface area contributed by atoms with Crippen LogP contribution in [-0.2, 0) is 16.1 Å². The molecule has 0 radical (unpaired) electrons. The summed E-state index contributed by atoms with van der Waals surface area (Å²) in [5.41, 5.74) is 2.67. The zero-order valence-electron chi connectivity index (χ0n) is 10.6. The lowest BCUT2D eigenvalue weighted by atomic mass is 10.1. The van der Waals surface area contributed by atoms with Gasteiger partial charge in [0.05, 0.1) is 0 Å². The van der Waals surface area contributed by atoms with Crippen LogP contribution >= 0.6 is 0 Å². The Bertz CT molecular complexity index is 516. The Labute approximate surface area is 106 Å². The number of amides is 2. The maximum atomic E-state index is 12.0. The number of anilines is 1. The van der Waals surface area contributed by atoms with Gasteiger partial charge in [0.1, 0.15) is 6.54 Å². The number of carbonyl (C=O) groups is 2. The van der Waals surface area contributed by atoms with Crippen LogP contribution in [0.5, 0.6) is 0 Å². The molecule has 0 atom stereocenters. The standard InChI is InChI=1S/C14H16N2O2/c1-10(2)7-14(18)16-8-11-5-3-4-6-12(11)15-13(17)9-16/h3-7H,8-9H2,1-2H3,(H,15,17). The Hall–Kier alpha value is -2.10. The lowest BCUT2D eigenvalue weighted by molar-refractivity contribution is -0.130. The van der Waals surface area contributed by atoms with Crippen LogP contribution in [0.15, 0.2) is 35.9 Å². The van der Waals surface area contributed by atoms with Gasteiger partial charge >= 0.3 is 0 Å². The van der Waals surface area contributed by atoms with Crippen molar-refractivity contribution in [3.05, 3.63) is 41.5 Å². The monoisotopic (exact) mass is 244 g/mol. The zero-order valence-corrected chi connectivity index (χ0v) is 10.6. The number of nitrogens with one attached hydrogen (secondary N) is 1. The molecule has 1 heterocycles. The van der Waals surface area contributed by atoms with E-state index in [1.54, 1.807) is 11.0 Å². The van der Waals surface area contributed by atoms with E-state index >= 15 is 0 Å². The minimum Gasteiger partial charge on any atom is -0.325 e. The van der Waals surface area contributed by atoms with Crippen molar-refractivity contribution in [2.75, 3.05) is 11.9 Å². The molecule has 18 heavy (non-hydrogen) atoms. The second-order valence-corrected chi connectivity index (χ2v) is 4.62. The highest BCUT2D eigenvalue weighted by molar-refractivity contribution is 5.98. The predicted molar refractivity (Wildman–Crippen MR) is 69.9 cm³/mol. The van der Waals surface area contributed by atoms with Crippen LogP contribution in [0.25, 0.3) is 0 Å². The first kappa shape index (κ1) is 12.4. The summed E-state index contributed by atoms with van der Waals surface area (Å²) in [4.78, 5) is 25.3. The number of para-hydroxylation sites is 1. The van der Waals surface area contributed by atoms with Crippen LogP contribution in [0.1, 0.15) is 19.4 Å². The van der Waals surface area contributed by atoms with Crippen molar-refractivity contribution in [2.24, 2.45) is 0 Å². The van der Waals surface area contributed by atoms with Gasteiger partial charge in [0.2, 0.25) is 11.8 Å². The number of carbonyl (C=O) groups excluding carboxylic acids is 2. The van der Waals surface area contributed by atoms with Crippen molar-refractivity contribution in [2.45, 2.75) is 20.4 Å². The van der Waals surface area contributed by atoms with Crippen LogP contribution in [0.2, 0.25) is 0 Å². The third-order valence-corrected chi connectivity index (χ3v) is 2.71. The van der Waals surface area contributed by atoms with Crippen LogP contribution in [0.4, 0.5) is 5.69 Å². The molecule has 0 fully saturated rings. The number of allylic oxidation sites excluding steroid dienone is 1. The first-order chi connectivity index (χ1) is 8.56. The Kier molecular flexibility index (Phi) is 3.46. The molecule has 0 aromatic heterocycles. The van der Waals surface area contributed by atoms with Gasteiger partial charge in [-0.15, -0.1) is 0 Å². The fourth-order valence-corrected chi connectivity index (χ4v) is 1.90. The summed E-state index contributed by atoms with van der Waals surface area (Å²) in [5, 5.41) is 2.81. The minimum absolute atomic E-state index is 0.0945. The van der Waals surface area contributed by atoms with Crippen molar-refractivity contribution in [1.29, 1.82) is 0 Å². The highest BCUT2D eigenvalue weighted by Gasteiger charge is 2.21. The average Bonchev–Trinajstić information content (AvgIpc) is 2.45. The molecule has 1 aliphatic rings. The maximum Gasteiger partial charge on any atom is 0.247 e. The van der Waals surface area contributed by atoms with E-state index in [4.69, 9.17) is 0 Å². The van der Waals surface area contributed by atoms with Crippen molar-refractivity contribution in [3.8, 4) is 0 Å². The van der Waals surface area contributed by atoms with Gasteiger partial charge in [0, 0.05) is 18.3 Å². The minimum atomic E-state index is -0.157. The topological polar surface area (TPSA) is 49.4 Å². The van der Waals surface area contributed by atoms with Gasteiger partial charge in [-0.2, -0.15) is 0 Å². The first-order valence-electron chi connectivity index (χ1n) is 5.88. The highest BCUT2D eigenvalue weighted by atomic mass is 16.2. The largest absolute Gasteiger partial charge is 0.325 e. The van der Waals surface area contributed by atoms with Crippen LogP contribution < -0.4 is 5.32 Å². The van der Waals surface area contributed by atoms with Gasteiger partial charge in [0.15, 0.2) is 0 Å². The molecule has 4 nitrogen and oxygen atoms in total. The van der Waals surface area contributed by atoms with Gasteiger partial charge in [-0.05, 0) is 25.5 Å². The third kappa shape index (κ3) is 2.77. The fraction of sp³-hybridized carbons (Fsp3) is 0.286. The van der Waals surface area contributed by atoms with E-state index in [9.17, 15) is 9.59 Å². The molecular formula is C14H16N2O2. The average molecular weight is 244 g/mol. The normalized spacial score (nSPS) is 14.3. The quantitative estimate of drug-likeness (QED) is 0.767. The van der Waals surface area contributed by atoms with E-state index in [0.717, 1.165) is 16.8 Å². The van der Waals surface area contributed by atoms with E-state index in [1.165, 1.54) is 0 Å². The first-order valence-corrected chi connectivity index (χ1v) is 5.88. The number of benzene rings is 1. The second-order valence-electron chi connectivity index (χ2n) is 4.62. The van der Waals surface area contributed by atoms with Crippen molar-refractivity contribution in [3.63, 3.8) is 0 Å². The van der Waals surface area contributed by atoms with Crippen molar-refractivity contribution >= 4 is 17.5 Å². The van der Waals surface area contributed by atoms with Crippen LogP contribution in [-0.4, -0.2) is 23.3 Å². The van der Waals surface area contributed by atoms with Crippen molar-refractivity contribution in [1.82, 2.24) is 4.90 Å². The summed E-state index contributed by atoms with van der Waals surface area (Å²) in [5.74, 6) is -0.280. The van der Waals surface area contributed by atoms with E-state index in [1.807, 2.05) is 38.1 Å². The Morgan fingerprint density at radius 2 is 2.00 bits per heavy atom. The van der Waals surface area contributed by atoms with E-state index in [0.29, 0.717) is 6.54 Å². The number of fused-ring (bicyclic) bond motifs is 1. The van der Waals surface area contributed by atoms with Crippen molar-refractivity contribution < 1.29 is 9.59 Å². The number of rotatable bonds is 1. The molecule has 0 spiro atoms. The Balaban J connectivity index is 2.28. The molecule has 0 aliphatic carbocycles. The van der Waals surface area contributed by atoms with E-state index in [2.05, 4.69) is 5.32 Å². The maximum absolute atomic E-state index is 12.0. The van der Waals surface area contributed by atoms with Crippen LogP contribution in [0, 0.1) is 0 Å². The van der Waals surface area contributed by atoms with E-state index < -0.39 is 0 Å². The lowest BCUT2D eigenvalue weighted by Crippen LogP contribution is -2.34. The third-order valence-electron chi connectivity index (χ3n) is 2.71. The molecule has 0 saturated carbocycles. The molecule has 1 N–H and O–H groups in total. The SMILES string of the molecule is CC(C)=CC(=O)N1CC(=O)Nc2ccccc2C1. The molecule has 2 rings (SSSR count). The van der Waals surface area contributed by atoms with E-state index in [-0.39, 0.29) is 18.4 Å². The predicted octanol–water partition coefficient (Wildman–Crippen LogP) is 1.93. The van der Waals surface area contributed by atoms with Gasteiger partial charge in [-0.1, -0.05) is 23.8 Å². The molecule has 94 valence electrons. The Morgan fingerprint density at radius 3 is 2.72 bits per heavy atom. The van der Waals surface area contributed by atoms with Crippen LogP contribution in [0.3, 0.4) is 0 Å². The molecular weight excluding hydrogens is 228 g/mol. The highest BCUT2D eigenvalue weighted by Crippen LogP contribution is 2.20. The molecule has 4 heteroatoms. The molecule has 0 bridgehead atoms. The lowest BCUT2D eigenvalue weighted by Gasteiger charge is -2.17. The molecule has 0 saturated heterocycles. The second kappa shape index (κ2) is 5.04. The number of nitrogens with zero attached hydrogens (tertiary/aromatic N) is 1. The molecule has 2 amide bonds. The van der Waals surface area contributed by atoms with Gasteiger partial charge < -0.3 is 10.2 Å². The summed E-state index contributed by atoms with van der Waals surface area (Å²) >= 11 is 0. The fourth-order valence-electron chi connectivity index (χ4n) is 1.90. The Morgan fingerprint density at radius 1 is 1.28 bits per heavy atom.